The van der Waals surface area contributed by atoms with E-state index in [-0.39, 0.29) is 11.9 Å². The van der Waals surface area contributed by atoms with Crippen LogP contribution < -0.4 is 5.73 Å². The molecule has 2 heterocycles. The molecule has 0 bridgehead atoms. The van der Waals surface area contributed by atoms with Gasteiger partial charge in [-0.1, -0.05) is 6.07 Å². The molecule has 0 radical (unpaired) electrons. The number of aromatic nitrogens is 2. The minimum absolute atomic E-state index is 0.0760. The van der Waals surface area contributed by atoms with Crippen LogP contribution in [0.2, 0.25) is 0 Å². The summed E-state index contributed by atoms with van der Waals surface area (Å²) < 4.78 is 1.90. The predicted octanol–water partition coefficient (Wildman–Crippen LogP) is 1.83. The average molecular weight is 284 g/mol. The molecule has 1 amide bonds. The van der Waals surface area contributed by atoms with Crippen molar-refractivity contribution >= 4 is 5.91 Å². The van der Waals surface area contributed by atoms with E-state index in [1.807, 2.05) is 39.9 Å². The van der Waals surface area contributed by atoms with E-state index < -0.39 is 0 Å². The number of carbonyl (C=O) groups excluding carboxylic acids is 1. The standard InChI is InChI=1S/C16H20N4O/c17-11-15-5-1-2-8-20(15)16(21)13-4-3-6-14(10-13)19-9-7-18-12-19/h3-4,6-7,9-10,12,15H,1-2,5,8,11,17H2/t15-/m0/s1. The van der Waals surface area contributed by atoms with E-state index in [9.17, 15) is 4.79 Å². The van der Waals surface area contributed by atoms with Crippen molar-refractivity contribution in [2.24, 2.45) is 5.73 Å². The van der Waals surface area contributed by atoms with E-state index >= 15 is 0 Å². The number of benzene rings is 1. The van der Waals surface area contributed by atoms with E-state index in [2.05, 4.69) is 4.98 Å². The van der Waals surface area contributed by atoms with Crippen LogP contribution in [0.25, 0.3) is 5.69 Å². The van der Waals surface area contributed by atoms with Gasteiger partial charge in [0.05, 0.1) is 6.33 Å². The summed E-state index contributed by atoms with van der Waals surface area (Å²) >= 11 is 0. The number of rotatable bonds is 3. The zero-order valence-corrected chi connectivity index (χ0v) is 12.0. The number of hydrogen-bond acceptors (Lipinski definition) is 3. The summed E-state index contributed by atoms with van der Waals surface area (Å²) in [6, 6.07) is 7.82. The maximum Gasteiger partial charge on any atom is 0.254 e. The normalized spacial score (nSPS) is 18.7. The molecule has 110 valence electrons. The molecule has 1 aromatic heterocycles. The molecule has 5 nitrogen and oxygen atoms in total. The third-order valence-electron chi connectivity index (χ3n) is 4.06. The van der Waals surface area contributed by atoms with Gasteiger partial charge in [-0.05, 0) is 37.5 Å². The van der Waals surface area contributed by atoms with Gasteiger partial charge in [0.25, 0.3) is 5.91 Å². The monoisotopic (exact) mass is 284 g/mol. The summed E-state index contributed by atoms with van der Waals surface area (Å²) in [5.41, 5.74) is 7.46. The molecule has 0 saturated carbocycles. The van der Waals surface area contributed by atoms with Crippen molar-refractivity contribution < 1.29 is 4.79 Å². The lowest BCUT2D eigenvalue weighted by molar-refractivity contribution is 0.0623. The highest BCUT2D eigenvalue weighted by Gasteiger charge is 2.26. The molecule has 1 saturated heterocycles. The van der Waals surface area contributed by atoms with E-state index in [1.165, 1.54) is 0 Å². The smallest absolute Gasteiger partial charge is 0.254 e. The van der Waals surface area contributed by atoms with E-state index in [0.717, 1.165) is 31.5 Å². The number of likely N-dealkylation sites (tertiary alicyclic amines) is 1. The van der Waals surface area contributed by atoms with Gasteiger partial charge in [0.2, 0.25) is 0 Å². The van der Waals surface area contributed by atoms with Crippen molar-refractivity contribution in [3.05, 3.63) is 48.5 Å². The Labute approximate surface area is 124 Å². The SMILES string of the molecule is NC[C@@H]1CCCCN1C(=O)c1cccc(-n2ccnc2)c1. The number of amides is 1. The first kappa shape index (κ1) is 13.8. The Balaban J connectivity index is 1.86. The molecule has 21 heavy (non-hydrogen) atoms. The maximum atomic E-state index is 12.7. The average Bonchev–Trinajstić information content (AvgIpc) is 3.09. The zero-order valence-electron chi connectivity index (χ0n) is 12.0. The first-order valence-corrected chi connectivity index (χ1v) is 7.39. The lowest BCUT2D eigenvalue weighted by Gasteiger charge is -2.35. The molecule has 2 N–H and O–H groups in total. The molecule has 0 aliphatic carbocycles. The van der Waals surface area contributed by atoms with Gasteiger partial charge in [0, 0.05) is 42.8 Å². The van der Waals surface area contributed by atoms with Gasteiger partial charge in [0.1, 0.15) is 0 Å². The van der Waals surface area contributed by atoms with Gasteiger partial charge in [-0.3, -0.25) is 4.79 Å². The van der Waals surface area contributed by atoms with E-state index in [0.29, 0.717) is 12.1 Å². The van der Waals surface area contributed by atoms with E-state index in [4.69, 9.17) is 5.73 Å². The van der Waals surface area contributed by atoms with Gasteiger partial charge in [0.15, 0.2) is 0 Å². The molecule has 1 aliphatic rings. The molecule has 1 aromatic carbocycles. The second-order valence-electron chi connectivity index (χ2n) is 5.40. The Morgan fingerprint density at radius 2 is 2.29 bits per heavy atom. The summed E-state index contributed by atoms with van der Waals surface area (Å²) in [5.74, 6) is 0.0760. The van der Waals surface area contributed by atoms with Crippen molar-refractivity contribution in [1.29, 1.82) is 0 Å². The zero-order chi connectivity index (χ0) is 14.7. The van der Waals surface area contributed by atoms with Gasteiger partial charge in [-0.2, -0.15) is 0 Å². The fraction of sp³-hybridized carbons (Fsp3) is 0.375. The number of nitrogens with two attached hydrogens (primary N) is 1. The largest absolute Gasteiger partial charge is 0.334 e. The fourth-order valence-corrected chi connectivity index (χ4v) is 2.89. The van der Waals surface area contributed by atoms with Gasteiger partial charge >= 0.3 is 0 Å². The lowest BCUT2D eigenvalue weighted by atomic mass is 10.0. The van der Waals surface area contributed by atoms with Crippen LogP contribution in [0, 0.1) is 0 Å². The highest BCUT2D eigenvalue weighted by molar-refractivity contribution is 5.95. The molecule has 2 aromatic rings. The Bertz CT molecular complexity index is 608. The van der Waals surface area contributed by atoms with Crippen LogP contribution in [0.5, 0.6) is 0 Å². The fourth-order valence-electron chi connectivity index (χ4n) is 2.89. The maximum absolute atomic E-state index is 12.7. The molecule has 5 heteroatoms. The second-order valence-corrected chi connectivity index (χ2v) is 5.40. The van der Waals surface area contributed by atoms with Gasteiger partial charge in [-0.25, -0.2) is 4.98 Å². The molecule has 3 rings (SSSR count). The van der Waals surface area contributed by atoms with Gasteiger partial charge < -0.3 is 15.2 Å². The minimum atomic E-state index is 0.0760. The topological polar surface area (TPSA) is 64.2 Å². The summed E-state index contributed by atoms with van der Waals surface area (Å²) in [4.78, 5) is 18.7. The highest BCUT2D eigenvalue weighted by atomic mass is 16.2. The van der Waals surface area contributed by atoms with Crippen LogP contribution in [0.15, 0.2) is 43.0 Å². The van der Waals surface area contributed by atoms with Crippen LogP contribution in [0.1, 0.15) is 29.6 Å². The molecular formula is C16H20N4O. The van der Waals surface area contributed by atoms with E-state index in [1.54, 1.807) is 12.5 Å². The van der Waals surface area contributed by atoms with Crippen LogP contribution in [0.3, 0.4) is 0 Å². The van der Waals surface area contributed by atoms with Crippen molar-refractivity contribution in [3.63, 3.8) is 0 Å². The minimum Gasteiger partial charge on any atom is -0.334 e. The van der Waals surface area contributed by atoms with Crippen LogP contribution >= 0.6 is 0 Å². The second kappa shape index (κ2) is 6.10. The van der Waals surface area contributed by atoms with Gasteiger partial charge in [-0.15, -0.1) is 0 Å². The Morgan fingerprint density at radius 1 is 1.38 bits per heavy atom. The Kier molecular flexibility index (Phi) is 4.01. The molecule has 0 spiro atoms. The summed E-state index contributed by atoms with van der Waals surface area (Å²) in [5, 5.41) is 0. The molecule has 1 atom stereocenters. The number of imidazole rings is 1. The van der Waals surface area contributed by atoms with Crippen molar-refractivity contribution in [2.45, 2.75) is 25.3 Å². The van der Waals surface area contributed by atoms with Crippen molar-refractivity contribution in [1.82, 2.24) is 14.5 Å². The number of hydrogen-bond donors (Lipinski definition) is 1. The molecule has 1 fully saturated rings. The number of nitrogens with zero attached hydrogens (tertiary/aromatic N) is 3. The summed E-state index contributed by atoms with van der Waals surface area (Å²) in [6.45, 7) is 1.34. The van der Waals surface area contributed by atoms with Crippen molar-refractivity contribution in [2.75, 3.05) is 13.1 Å². The summed E-state index contributed by atoms with van der Waals surface area (Å²) in [6.07, 6.45) is 8.54. The number of piperidine rings is 1. The van der Waals surface area contributed by atoms with Crippen LogP contribution in [-0.2, 0) is 0 Å². The molecular weight excluding hydrogens is 264 g/mol. The lowest BCUT2D eigenvalue weighted by Crippen LogP contribution is -2.47. The third kappa shape index (κ3) is 2.83. The third-order valence-corrected chi connectivity index (χ3v) is 4.06. The molecule has 1 aliphatic heterocycles. The first-order chi connectivity index (χ1) is 10.3. The number of carbonyl (C=O) groups is 1. The first-order valence-electron chi connectivity index (χ1n) is 7.39. The van der Waals surface area contributed by atoms with Crippen LogP contribution in [-0.4, -0.2) is 39.5 Å². The highest BCUT2D eigenvalue weighted by Crippen LogP contribution is 2.20. The van der Waals surface area contributed by atoms with Crippen molar-refractivity contribution in [3.8, 4) is 5.69 Å². The van der Waals surface area contributed by atoms with Crippen LogP contribution in [0.4, 0.5) is 0 Å². The summed E-state index contributed by atoms with van der Waals surface area (Å²) in [7, 11) is 0. The Morgan fingerprint density at radius 3 is 3.05 bits per heavy atom. The Hall–Kier alpha value is -2.14. The predicted molar refractivity (Wildman–Crippen MR) is 81.3 cm³/mol. The molecule has 0 unspecified atom stereocenters. The quantitative estimate of drug-likeness (QED) is 0.935.